The molecule has 0 amide bonds. The smallest absolute Gasteiger partial charge is 0.121 e. The van der Waals surface area contributed by atoms with Gasteiger partial charge >= 0.3 is 0 Å². The van der Waals surface area contributed by atoms with Gasteiger partial charge in [-0.1, -0.05) is 12.1 Å². The first-order chi connectivity index (χ1) is 7.72. The van der Waals surface area contributed by atoms with Crippen molar-refractivity contribution in [3.8, 4) is 5.75 Å². The van der Waals surface area contributed by atoms with E-state index in [0.717, 1.165) is 22.4 Å². The van der Waals surface area contributed by atoms with Gasteiger partial charge in [0, 0.05) is 0 Å². The highest BCUT2D eigenvalue weighted by molar-refractivity contribution is 7.08. The summed E-state index contributed by atoms with van der Waals surface area (Å²) in [5.41, 5.74) is 9.59. The van der Waals surface area contributed by atoms with Crippen molar-refractivity contribution in [3.05, 3.63) is 51.7 Å². The average molecular weight is 233 g/mol. The molecule has 0 spiro atoms. The number of nitrogens with two attached hydrogens (primary N) is 1. The van der Waals surface area contributed by atoms with E-state index in [-0.39, 0.29) is 6.04 Å². The van der Waals surface area contributed by atoms with Gasteiger partial charge in [0.2, 0.25) is 0 Å². The first kappa shape index (κ1) is 11.2. The molecule has 2 N–H and O–H groups in total. The fraction of sp³-hybridized carbons (Fsp3) is 0.231. The molecule has 0 aliphatic heterocycles. The molecule has 0 bridgehead atoms. The minimum atomic E-state index is -0.0455. The van der Waals surface area contributed by atoms with Crippen molar-refractivity contribution in [2.75, 3.05) is 7.11 Å². The van der Waals surface area contributed by atoms with Crippen molar-refractivity contribution in [2.24, 2.45) is 5.73 Å². The van der Waals surface area contributed by atoms with Gasteiger partial charge in [-0.2, -0.15) is 11.3 Å². The fourth-order valence-corrected chi connectivity index (χ4v) is 2.44. The van der Waals surface area contributed by atoms with Gasteiger partial charge in [-0.15, -0.1) is 0 Å². The Balaban J connectivity index is 2.31. The summed E-state index contributed by atoms with van der Waals surface area (Å²) in [5, 5.41) is 4.13. The largest absolute Gasteiger partial charge is 0.496 e. The van der Waals surface area contributed by atoms with Gasteiger partial charge in [0.25, 0.3) is 0 Å². The van der Waals surface area contributed by atoms with Crippen LogP contribution in [0.4, 0.5) is 0 Å². The van der Waals surface area contributed by atoms with Crippen molar-refractivity contribution in [2.45, 2.75) is 13.0 Å². The van der Waals surface area contributed by atoms with E-state index in [0.29, 0.717) is 0 Å². The number of ether oxygens (including phenoxy) is 1. The zero-order valence-electron chi connectivity index (χ0n) is 9.44. The fourth-order valence-electron chi connectivity index (χ4n) is 1.74. The highest BCUT2D eigenvalue weighted by atomic mass is 32.1. The minimum absolute atomic E-state index is 0.0455. The summed E-state index contributed by atoms with van der Waals surface area (Å²) in [4.78, 5) is 0. The predicted octanol–water partition coefficient (Wildman–Crippen LogP) is 3.11. The molecule has 0 fully saturated rings. The molecule has 2 aromatic rings. The third-order valence-electron chi connectivity index (χ3n) is 2.68. The topological polar surface area (TPSA) is 35.2 Å². The molecule has 1 aromatic carbocycles. The van der Waals surface area contributed by atoms with E-state index in [4.69, 9.17) is 10.5 Å². The van der Waals surface area contributed by atoms with Crippen LogP contribution in [0.15, 0.2) is 35.0 Å². The molecule has 0 aliphatic rings. The summed E-state index contributed by atoms with van der Waals surface area (Å²) in [5.74, 6) is 0.904. The highest BCUT2D eigenvalue weighted by Crippen LogP contribution is 2.26. The van der Waals surface area contributed by atoms with Crippen LogP contribution in [0.3, 0.4) is 0 Å². The Kier molecular flexibility index (Phi) is 3.27. The molecular formula is C13H15NOS. The van der Waals surface area contributed by atoms with Gasteiger partial charge in [-0.25, -0.2) is 0 Å². The van der Waals surface area contributed by atoms with E-state index in [2.05, 4.69) is 17.5 Å². The predicted molar refractivity (Wildman–Crippen MR) is 68.1 cm³/mol. The normalized spacial score (nSPS) is 12.4. The maximum absolute atomic E-state index is 6.19. The number of aryl methyl sites for hydroxylation is 1. The zero-order valence-corrected chi connectivity index (χ0v) is 10.3. The molecule has 16 heavy (non-hydrogen) atoms. The van der Waals surface area contributed by atoms with Crippen LogP contribution in [0.25, 0.3) is 0 Å². The quantitative estimate of drug-likeness (QED) is 0.884. The summed E-state index contributed by atoms with van der Waals surface area (Å²) >= 11 is 1.67. The van der Waals surface area contributed by atoms with Crippen LogP contribution in [0.5, 0.6) is 5.75 Å². The van der Waals surface area contributed by atoms with Gasteiger partial charge in [-0.05, 0) is 46.5 Å². The van der Waals surface area contributed by atoms with Crippen molar-refractivity contribution in [1.29, 1.82) is 0 Å². The maximum Gasteiger partial charge on any atom is 0.121 e. The zero-order chi connectivity index (χ0) is 11.5. The first-order valence-electron chi connectivity index (χ1n) is 5.14. The lowest BCUT2D eigenvalue weighted by molar-refractivity contribution is 0.411. The Morgan fingerprint density at radius 1 is 1.25 bits per heavy atom. The summed E-state index contributed by atoms with van der Waals surface area (Å²) in [6.45, 7) is 2.03. The van der Waals surface area contributed by atoms with Gasteiger partial charge in [0.15, 0.2) is 0 Å². The number of thiophene rings is 1. The summed E-state index contributed by atoms with van der Waals surface area (Å²) in [6.07, 6.45) is 0. The van der Waals surface area contributed by atoms with Crippen LogP contribution in [0, 0.1) is 6.92 Å². The number of methoxy groups -OCH3 is 1. The number of benzene rings is 1. The number of hydrogen-bond donors (Lipinski definition) is 1. The Hall–Kier alpha value is -1.32. The van der Waals surface area contributed by atoms with Crippen LogP contribution in [-0.4, -0.2) is 7.11 Å². The minimum Gasteiger partial charge on any atom is -0.496 e. The van der Waals surface area contributed by atoms with E-state index in [1.807, 2.05) is 24.4 Å². The lowest BCUT2D eigenvalue weighted by atomic mass is 10.0. The SMILES string of the molecule is COc1ccc([C@@H](N)c2ccsc2)cc1C. The Morgan fingerprint density at radius 3 is 2.62 bits per heavy atom. The van der Waals surface area contributed by atoms with Gasteiger partial charge in [0.05, 0.1) is 13.2 Å². The Bertz CT molecular complexity index is 465. The standard InChI is InChI=1S/C13H15NOS/c1-9-7-10(3-4-12(9)15-2)13(14)11-5-6-16-8-11/h3-8,13H,14H2,1-2H3/t13-/m1/s1. The van der Waals surface area contributed by atoms with Crippen LogP contribution in [0.2, 0.25) is 0 Å². The molecule has 0 unspecified atom stereocenters. The third kappa shape index (κ3) is 2.10. The molecule has 1 aromatic heterocycles. The monoisotopic (exact) mass is 233 g/mol. The Morgan fingerprint density at radius 2 is 2.06 bits per heavy atom. The van der Waals surface area contributed by atoms with Crippen molar-refractivity contribution in [1.82, 2.24) is 0 Å². The van der Waals surface area contributed by atoms with Crippen LogP contribution in [-0.2, 0) is 0 Å². The molecule has 0 saturated carbocycles. The number of rotatable bonds is 3. The molecule has 2 nitrogen and oxygen atoms in total. The summed E-state index contributed by atoms with van der Waals surface area (Å²) in [6, 6.07) is 8.09. The van der Waals surface area contributed by atoms with Gasteiger partial charge in [0.1, 0.15) is 5.75 Å². The molecule has 0 saturated heterocycles. The molecule has 0 aliphatic carbocycles. The van der Waals surface area contributed by atoms with Crippen molar-refractivity contribution >= 4 is 11.3 Å². The maximum atomic E-state index is 6.19. The average Bonchev–Trinajstić information content (AvgIpc) is 2.81. The van der Waals surface area contributed by atoms with E-state index in [1.54, 1.807) is 18.4 Å². The lowest BCUT2D eigenvalue weighted by Crippen LogP contribution is -2.11. The molecular weight excluding hydrogens is 218 g/mol. The van der Waals surface area contributed by atoms with Crippen LogP contribution < -0.4 is 10.5 Å². The van der Waals surface area contributed by atoms with E-state index in [1.165, 1.54) is 0 Å². The summed E-state index contributed by atoms with van der Waals surface area (Å²) in [7, 11) is 1.68. The molecule has 3 heteroatoms. The Labute approximate surface area is 99.7 Å². The molecule has 1 atom stereocenters. The van der Waals surface area contributed by atoms with Gasteiger partial charge < -0.3 is 10.5 Å². The molecule has 1 heterocycles. The molecule has 2 rings (SSSR count). The second-order valence-electron chi connectivity index (χ2n) is 3.76. The lowest BCUT2D eigenvalue weighted by Gasteiger charge is -2.13. The molecule has 0 radical (unpaired) electrons. The molecule has 84 valence electrons. The van der Waals surface area contributed by atoms with E-state index in [9.17, 15) is 0 Å². The van der Waals surface area contributed by atoms with Crippen LogP contribution in [0.1, 0.15) is 22.7 Å². The van der Waals surface area contributed by atoms with Crippen molar-refractivity contribution < 1.29 is 4.74 Å². The van der Waals surface area contributed by atoms with Crippen LogP contribution >= 0.6 is 11.3 Å². The highest BCUT2D eigenvalue weighted by Gasteiger charge is 2.10. The second kappa shape index (κ2) is 4.68. The van der Waals surface area contributed by atoms with E-state index >= 15 is 0 Å². The third-order valence-corrected chi connectivity index (χ3v) is 3.38. The second-order valence-corrected chi connectivity index (χ2v) is 4.54. The number of hydrogen-bond acceptors (Lipinski definition) is 3. The van der Waals surface area contributed by atoms with Crippen molar-refractivity contribution in [3.63, 3.8) is 0 Å². The first-order valence-corrected chi connectivity index (χ1v) is 6.09. The summed E-state index contributed by atoms with van der Waals surface area (Å²) < 4.78 is 5.23. The van der Waals surface area contributed by atoms with E-state index < -0.39 is 0 Å². The van der Waals surface area contributed by atoms with Gasteiger partial charge in [-0.3, -0.25) is 0 Å².